The van der Waals surface area contributed by atoms with Gasteiger partial charge in [0.05, 0.1) is 14.2 Å². The van der Waals surface area contributed by atoms with Gasteiger partial charge in [-0.05, 0) is 41.0 Å². The van der Waals surface area contributed by atoms with Crippen LogP contribution in [0.25, 0.3) is 0 Å². The molecule has 3 aromatic carbocycles. The number of halogens is 1. The average Bonchev–Trinajstić information content (AvgIpc) is 2.72. The summed E-state index contributed by atoms with van der Waals surface area (Å²) in [4.78, 5) is 0. The molecule has 0 aliphatic rings. The molecule has 0 saturated carbocycles. The molecule has 4 heteroatoms. The minimum atomic E-state index is 0. The summed E-state index contributed by atoms with van der Waals surface area (Å²) >= 11 is 0. The average molecular weight is 384 g/mol. The molecule has 3 rings (SSSR count). The minimum absolute atomic E-state index is 0. The Hall–Kier alpha value is -2.49. The Morgan fingerprint density at radius 2 is 1.19 bits per heavy atom. The van der Waals surface area contributed by atoms with Crippen LogP contribution in [0, 0.1) is 0 Å². The van der Waals surface area contributed by atoms with Crippen molar-refractivity contribution in [3.63, 3.8) is 0 Å². The van der Waals surface area contributed by atoms with Crippen LogP contribution in [-0.4, -0.2) is 20.8 Å². The van der Waals surface area contributed by atoms with Gasteiger partial charge < -0.3 is 14.8 Å². The Labute approximate surface area is 167 Å². The van der Waals surface area contributed by atoms with Gasteiger partial charge in [0.2, 0.25) is 0 Å². The molecule has 0 aliphatic heterocycles. The quantitative estimate of drug-likeness (QED) is 0.590. The number of rotatable bonds is 8. The maximum Gasteiger partial charge on any atom is 0.118 e. The fourth-order valence-electron chi connectivity index (χ4n) is 3.06. The van der Waals surface area contributed by atoms with E-state index >= 15 is 0 Å². The van der Waals surface area contributed by atoms with Crippen LogP contribution in [0.2, 0.25) is 0 Å². The lowest BCUT2D eigenvalue weighted by molar-refractivity contribution is 0.414. The fraction of sp³-hybridized carbons (Fsp3) is 0.217. The van der Waals surface area contributed by atoms with E-state index in [9.17, 15) is 0 Å². The predicted molar refractivity (Wildman–Crippen MR) is 113 cm³/mol. The Bertz CT molecular complexity index is 741. The Kier molecular flexibility index (Phi) is 8.18. The van der Waals surface area contributed by atoms with Crippen LogP contribution in [0.15, 0.2) is 78.9 Å². The summed E-state index contributed by atoms with van der Waals surface area (Å²) < 4.78 is 10.6. The smallest absolute Gasteiger partial charge is 0.118 e. The molecule has 0 fully saturated rings. The van der Waals surface area contributed by atoms with Crippen molar-refractivity contribution in [1.29, 1.82) is 0 Å². The van der Waals surface area contributed by atoms with Crippen molar-refractivity contribution in [2.24, 2.45) is 0 Å². The number of hydrogen-bond donors (Lipinski definition) is 1. The first-order valence-electron chi connectivity index (χ1n) is 8.82. The van der Waals surface area contributed by atoms with Gasteiger partial charge in [0.15, 0.2) is 0 Å². The normalized spacial score (nSPS) is 10.3. The van der Waals surface area contributed by atoms with Crippen LogP contribution in [-0.2, 0) is 6.54 Å². The number of benzene rings is 3. The fourth-order valence-corrected chi connectivity index (χ4v) is 3.06. The lowest BCUT2D eigenvalue weighted by Gasteiger charge is -2.20. The van der Waals surface area contributed by atoms with Gasteiger partial charge in [0.25, 0.3) is 0 Å². The Morgan fingerprint density at radius 3 is 1.63 bits per heavy atom. The molecule has 1 N–H and O–H groups in total. The molecule has 0 radical (unpaired) electrons. The highest BCUT2D eigenvalue weighted by molar-refractivity contribution is 5.85. The van der Waals surface area contributed by atoms with E-state index in [0.717, 1.165) is 24.6 Å². The van der Waals surface area contributed by atoms with Gasteiger partial charge in [-0.25, -0.2) is 0 Å². The zero-order chi connectivity index (χ0) is 18.2. The highest BCUT2D eigenvalue weighted by atomic mass is 35.5. The topological polar surface area (TPSA) is 30.5 Å². The van der Waals surface area contributed by atoms with Gasteiger partial charge >= 0.3 is 0 Å². The van der Waals surface area contributed by atoms with E-state index < -0.39 is 0 Å². The molecular formula is C23H26ClNO2. The number of hydrogen-bond acceptors (Lipinski definition) is 3. The first-order chi connectivity index (χ1) is 12.8. The Balaban J connectivity index is 0.00000261. The molecule has 0 bridgehead atoms. The summed E-state index contributed by atoms with van der Waals surface area (Å²) in [5.74, 6) is 2.01. The third-order valence-electron chi connectivity index (χ3n) is 4.56. The van der Waals surface area contributed by atoms with E-state index in [1.807, 2.05) is 30.3 Å². The van der Waals surface area contributed by atoms with Gasteiger partial charge in [-0.3, -0.25) is 0 Å². The van der Waals surface area contributed by atoms with Gasteiger partial charge in [0.1, 0.15) is 11.5 Å². The molecular weight excluding hydrogens is 358 g/mol. The number of ether oxygens (including phenoxy) is 2. The highest BCUT2D eigenvalue weighted by Crippen LogP contribution is 2.27. The highest BCUT2D eigenvalue weighted by Gasteiger charge is 2.14. The summed E-state index contributed by atoms with van der Waals surface area (Å²) in [5, 5.41) is 3.59. The standard InChI is InChI=1S/C23H25NO2.ClH/c1-25-21-12-8-19(9-13-21)23(20-10-14-22(26-2)15-11-20)17-24-16-18-6-4-3-5-7-18;/h3-15,23-24H,16-17H2,1-2H3;1H. The van der Waals surface area contributed by atoms with Crippen LogP contribution < -0.4 is 14.8 Å². The van der Waals surface area contributed by atoms with E-state index in [0.29, 0.717) is 0 Å². The van der Waals surface area contributed by atoms with Crippen LogP contribution in [0.5, 0.6) is 11.5 Å². The van der Waals surface area contributed by atoms with Gasteiger partial charge in [0, 0.05) is 19.0 Å². The molecule has 142 valence electrons. The second-order valence-corrected chi connectivity index (χ2v) is 6.22. The van der Waals surface area contributed by atoms with Crippen molar-refractivity contribution in [2.75, 3.05) is 20.8 Å². The van der Waals surface area contributed by atoms with Crippen molar-refractivity contribution >= 4 is 12.4 Å². The van der Waals surface area contributed by atoms with Crippen molar-refractivity contribution in [1.82, 2.24) is 5.32 Å². The zero-order valence-electron chi connectivity index (χ0n) is 15.7. The van der Waals surface area contributed by atoms with E-state index in [1.54, 1.807) is 14.2 Å². The number of nitrogens with one attached hydrogen (secondary N) is 1. The molecule has 0 amide bonds. The molecule has 3 aromatic rings. The molecule has 3 nitrogen and oxygen atoms in total. The second-order valence-electron chi connectivity index (χ2n) is 6.22. The van der Waals surface area contributed by atoms with E-state index in [2.05, 4.69) is 53.8 Å². The van der Waals surface area contributed by atoms with E-state index in [1.165, 1.54) is 16.7 Å². The molecule has 0 heterocycles. The predicted octanol–water partition coefficient (Wildman–Crippen LogP) is 5.05. The summed E-state index contributed by atoms with van der Waals surface area (Å²) in [5.41, 5.74) is 3.81. The third kappa shape index (κ3) is 5.75. The lowest BCUT2D eigenvalue weighted by atomic mass is 9.91. The largest absolute Gasteiger partial charge is 0.497 e. The third-order valence-corrected chi connectivity index (χ3v) is 4.56. The number of methoxy groups -OCH3 is 2. The zero-order valence-corrected chi connectivity index (χ0v) is 16.5. The summed E-state index contributed by atoms with van der Waals surface area (Å²) in [7, 11) is 3.38. The van der Waals surface area contributed by atoms with Gasteiger partial charge in [-0.15, -0.1) is 12.4 Å². The van der Waals surface area contributed by atoms with Gasteiger partial charge in [-0.2, -0.15) is 0 Å². The summed E-state index contributed by atoms with van der Waals surface area (Å²) in [6.07, 6.45) is 0. The maximum atomic E-state index is 5.29. The van der Waals surface area contributed by atoms with Crippen molar-refractivity contribution < 1.29 is 9.47 Å². The molecule has 27 heavy (non-hydrogen) atoms. The van der Waals surface area contributed by atoms with Crippen molar-refractivity contribution in [3.05, 3.63) is 95.6 Å². The molecule has 0 spiro atoms. The minimum Gasteiger partial charge on any atom is -0.497 e. The molecule has 0 unspecified atom stereocenters. The monoisotopic (exact) mass is 383 g/mol. The molecule has 0 aliphatic carbocycles. The van der Waals surface area contributed by atoms with Crippen LogP contribution >= 0.6 is 12.4 Å². The first-order valence-corrected chi connectivity index (χ1v) is 8.82. The second kappa shape index (κ2) is 10.6. The maximum absolute atomic E-state index is 5.29. The Morgan fingerprint density at radius 1 is 0.704 bits per heavy atom. The first kappa shape index (κ1) is 20.8. The van der Waals surface area contributed by atoms with Crippen molar-refractivity contribution in [2.45, 2.75) is 12.5 Å². The van der Waals surface area contributed by atoms with E-state index in [4.69, 9.17) is 9.47 Å². The summed E-state index contributed by atoms with van der Waals surface area (Å²) in [6, 6.07) is 27.1. The van der Waals surface area contributed by atoms with Crippen molar-refractivity contribution in [3.8, 4) is 11.5 Å². The molecule has 0 atom stereocenters. The lowest BCUT2D eigenvalue weighted by Crippen LogP contribution is -2.22. The van der Waals surface area contributed by atoms with Gasteiger partial charge in [-0.1, -0.05) is 54.6 Å². The molecule has 0 saturated heterocycles. The van der Waals surface area contributed by atoms with E-state index in [-0.39, 0.29) is 18.3 Å². The summed E-state index contributed by atoms with van der Waals surface area (Å²) in [6.45, 7) is 1.71. The van der Waals surface area contributed by atoms with Crippen LogP contribution in [0.3, 0.4) is 0 Å². The van der Waals surface area contributed by atoms with Crippen LogP contribution in [0.1, 0.15) is 22.6 Å². The SMILES string of the molecule is COc1ccc(C(CNCc2ccccc2)c2ccc(OC)cc2)cc1.Cl. The van der Waals surface area contributed by atoms with Crippen LogP contribution in [0.4, 0.5) is 0 Å². The molecule has 0 aromatic heterocycles.